The topological polar surface area (TPSA) is 64.1 Å². The van der Waals surface area contributed by atoms with Crippen molar-refractivity contribution in [2.75, 3.05) is 0 Å². The molecule has 0 atom stereocenters. The third kappa shape index (κ3) is 2.35. The van der Waals surface area contributed by atoms with Crippen molar-refractivity contribution in [1.82, 2.24) is 14.7 Å². The maximum Gasteiger partial charge on any atom is 0.252 e. The Balaban J connectivity index is 1.89. The van der Waals surface area contributed by atoms with Gasteiger partial charge in [-0.25, -0.2) is 4.98 Å². The highest BCUT2D eigenvalue weighted by atomic mass is 16.5. The first kappa shape index (κ1) is 11.5. The number of imidazole rings is 1. The Hall–Kier alpha value is -2.56. The van der Waals surface area contributed by atoms with Crippen LogP contribution in [0.25, 0.3) is 11.3 Å². The van der Waals surface area contributed by atoms with Gasteiger partial charge in [0, 0.05) is 30.6 Å². The van der Waals surface area contributed by atoms with Crippen LogP contribution in [0, 0.1) is 6.92 Å². The monoisotopic (exact) mass is 255 g/mol. The van der Waals surface area contributed by atoms with Gasteiger partial charge in [-0.15, -0.1) is 0 Å². The summed E-state index contributed by atoms with van der Waals surface area (Å²) in [5, 5.41) is 12.7. The molecule has 19 heavy (non-hydrogen) atoms. The Kier molecular flexibility index (Phi) is 2.79. The minimum Gasteiger partial charge on any atom is -0.491 e. The first-order chi connectivity index (χ1) is 9.22. The maximum atomic E-state index is 9.22. The van der Waals surface area contributed by atoms with Crippen LogP contribution in [0.4, 0.5) is 0 Å². The van der Waals surface area contributed by atoms with E-state index in [4.69, 9.17) is 4.52 Å². The Labute approximate surface area is 110 Å². The summed E-state index contributed by atoms with van der Waals surface area (Å²) in [5.74, 6) is 0.473. The second kappa shape index (κ2) is 4.61. The standard InChI is InChI=1S/C14H13N3O2/c1-10-6-11(8-17-5-4-15-9-17)2-3-12(10)13-7-14(18)16-19-13/h2-7,9H,8H2,1H3,(H,16,18). The molecule has 0 saturated carbocycles. The number of aryl methyl sites for hydroxylation is 1. The number of rotatable bonds is 3. The van der Waals surface area contributed by atoms with Gasteiger partial charge in [0.2, 0.25) is 0 Å². The number of nitrogens with zero attached hydrogens (tertiary/aromatic N) is 3. The van der Waals surface area contributed by atoms with Crippen molar-refractivity contribution in [3.05, 3.63) is 54.1 Å². The van der Waals surface area contributed by atoms with Crippen LogP contribution in [0.5, 0.6) is 5.88 Å². The van der Waals surface area contributed by atoms with Crippen LogP contribution in [-0.2, 0) is 6.54 Å². The van der Waals surface area contributed by atoms with Crippen LogP contribution in [0.2, 0.25) is 0 Å². The number of hydrogen-bond donors (Lipinski definition) is 1. The van der Waals surface area contributed by atoms with Gasteiger partial charge in [0.25, 0.3) is 5.88 Å². The zero-order valence-electron chi connectivity index (χ0n) is 10.4. The number of hydrogen-bond acceptors (Lipinski definition) is 4. The minimum atomic E-state index is -0.100. The van der Waals surface area contributed by atoms with Crippen LogP contribution < -0.4 is 0 Å². The Morgan fingerprint density at radius 2 is 2.21 bits per heavy atom. The Morgan fingerprint density at radius 3 is 2.84 bits per heavy atom. The zero-order valence-corrected chi connectivity index (χ0v) is 10.4. The van der Waals surface area contributed by atoms with E-state index in [1.807, 2.05) is 29.8 Å². The molecule has 0 radical (unpaired) electrons. The van der Waals surface area contributed by atoms with Gasteiger partial charge in [0.05, 0.1) is 6.33 Å². The fourth-order valence-corrected chi connectivity index (χ4v) is 2.08. The summed E-state index contributed by atoms with van der Waals surface area (Å²) in [4.78, 5) is 4.02. The van der Waals surface area contributed by atoms with Gasteiger partial charge < -0.3 is 14.2 Å². The lowest BCUT2D eigenvalue weighted by Crippen LogP contribution is -1.97. The predicted octanol–water partition coefficient (Wildman–Crippen LogP) is 2.60. The summed E-state index contributed by atoms with van der Waals surface area (Å²) >= 11 is 0. The highest BCUT2D eigenvalue weighted by Crippen LogP contribution is 2.26. The molecule has 5 heteroatoms. The van der Waals surface area contributed by atoms with E-state index in [0.29, 0.717) is 5.76 Å². The summed E-state index contributed by atoms with van der Waals surface area (Å²) in [5.41, 5.74) is 3.19. The van der Waals surface area contributed by atoms with Crippen molar-refractivity contribution in [2.45, 2.75) is 13.5 Å². The van der Waals surface area contributed by atoms with Crippen LogP contribution in [0.1, 0.15) is 11.1 Å². The molecule has 0 aliphatic carbocycles. The van der Waals surface area contributed by atoms with E-state index in [-0.39, 0.29) is 5.88 Å². The molecule has 2 aromatic heterocycles. The molecule has 1 aromatic carbocycles. The molecule has 0 aliphatic heterocycles. The highest BCUT2D eigenvalue weighted by molar-refractivity contribution is 5.63. The minimum absolute atomic E-state index is 0.100. The number of aromatic nitrogens is 3. The number of aromatic hydroxyl groups is 1. The number of benzene rings is 1. The largest absolute Gasteiger partial charge is 0.491 e. The van der Waals surface area contributed by atoms with Crippen molar-refractivity contribution in [3.8, 4) is 17.2 Å². The molecular weight excluding hydrogens is 242 g/mol. The van der Waals surface area contributed by atoms with Gasteiger partial charge in [-0.1, -0.05) is 18.2 Å². The second-order valence-corrected chi connectivity index (χ2v) is 4.43. The fraction of sp³-hybridized carbons (Fsp3) is 0.143. The van der Waals surface area contributed by atoms with E-state index in [0.717, 1.165) is 17.7 Å². The molecule has 0 saturated heterocycles. The van der Waals surface area contributed by atoms with E-state index in [1.165, 1.54) is 11.6 Å². The molecule has 0 spiro atoms. The summed E-state index contributed by atoms with van der Waals surface area (Å²) in [6.45, 7) is 2.79. The lowest BCUT2D eigenvalue weighted by Gasteiger charge is -2.06. The van der Waals surface area contributed by atoms with Crippen molar-refractivity contribution in [2.24, 2.45) is 0 Å². The predicted molar refractivity (Wildman–Crippen MR) is 69.7 cm³/mol. The molecule has 0 unspecified atom stereocenters. The van der Waals surface area contributed by atoms with Gasteiger partial charge in [0.15, 0.2) is 5.76 Å². The Morgan fingerprint density at radius 1 is 1.32 bits per heavy atom. The molecule has 0 fully saturated rings. The molecule has 0 bridgehead atoms. The van der Waals surface area contributed by atoms with Crippen molar-refractivity contribution < 1.29 is 9.63 Å². The zero-order chi connectivity index (χ0) is 13.2. The molecule has 1 N–H and O–H groups in total. The maximum absolute atomic E-state index is 9.22. The Bertz CT molecular complexity index is 687. The molecular formula is C14H13N3O2. The lowest BCUT2D eigenvalue weighted by molar-refractivity contribution is 0.365. The van der Waals surface area contributed by atoms with E-state index in [9.17, 15) is 5.11 Å². The normalized spacial score (nSPS) is 10.8. The van der Waals surface area contributed by atoms with E-state index < -0.39 is 0 Å². The molecule has 3 aromatic rings. The first-order valence-corrected chi connectivity index (χ1v) is 5.94. The van der Waals surface area contributed by atoms with Crippen LogP contribution in [0.3, 0.4) is 0 Å². The van der Waals surface area contributed by atoms with Gasteiger partial charge in [-0.05, 0) is 23.2 Å². The van der Waals surface area contributed by atoms with Crippen molar-refractivity contribution in [3.63, 3.8) is 0 Å². The molecule has 96 valence electrons. The molecule has 0 aliphatic rings. The SMILES string of the molecule is Cc1cc(Cn2ccnc2)ccc1-c1cc(O)no1. The molecule has 2 heterocycles. The lowest BCUT2D eigenvalue weighted by atomic mass is 10.0. The third-order valence-corrected chi connectivity index (χ3v) is 2.98. The fourth-order valence-electron chi connectivity index (χ4n) is 2.08. The van der Waals surface area contributed by atoms with Crippen LogP contribution >= 0.6 is 0 Å². The van der Waals surface area contributed by atoms with E-state index in [1.54, 1.807) is 12.5 Å². The summed E-state index contributed by atoms with van der Waals surface area (Å²) in [6.07, 6.45) is 5.48. The van der Waals surface area contributed by atoms with E-state index in [2.05, 4.69) is 16.2 Å². The summed E-state index contributed by atoms with van der Waals surface area (Å²) in [7, 11) is 0. The molecule has 5 nitrogen and oxygen atoms in total. The van der Waals surface area contributed by atoms with Gasteiger partial charge >= 0.3 is 0 Å². The summed E-state index contributed by atoms with van der Waals surface area (Å²) in [6, 6.07) is 7.61. The summed E-state index contributed by atoms with van der Waals surface area (Å²) < 4.78 is 7.07. The van der Waals surface area contributed by atoms with Crippen molar-refractivity contribution in [1.29, 1.82) is 0 Å². The van der Waals surface area contributed by atoms with Crippen LogP contribution in [0.15, 0.2) is 47.5 Å². The van der Waals surface area contributed by atoms with Gasteiger partial charge in [-0.2, -0.15) is 0 Å². The highest BCUT2D eigenvalue weighted by Gasteiger charge is 2.09. The van der Waals surface area contributed by atoms with E-state index >= 15 is 0 Å². The average Bonchev–Trinajstić information content (AvgIpc) is 3.01. The average molecular weight is 255 g/mol. The van der Waals surface area contributed by atoms with Crippen molar-refractivity contribution >= 4 is 0 Å². The smallest absolute Gasteiger partial charge is 0.252 e. The van der Waals surface area contributed by atoms with Gasteiger partial charge in [0.1, 0.15) is 0 Å². The second-order valence-electron chi connectivity index (χ2n) is 4.43. The first-order valence-electron chi connectivity index (χ1n) is 5.94. The van der Waals surface area contributed by atoms with Gasteiger partial charge in [-0.3, -0.25) is 0 Å². The molecule has 3 rings (SSSR count). The van der Waals surface area contributed by atoms with Crippen LogP contribution in [-0.4, -0.2) is 19.8 Å². The quantitative estimate of drug-likeness (QED) is 0.781. The third-order valence-electron chi connectivity index (χ3n) is 2.98. The molecule has 0 amide bonds.